The molecule has 0 amide bonds. The van der Waals surface area contributed by atoms with Gasteiger partial charge in [0.05, 0.1) is 13.0 Å². The van der Waals surface area contributed by atoms with Crippen molar-refractivity contribution in [2.75, 3.05) is 20.2 Å². The third-order valence-electron chi connectivity index (χ3n) is 4.88. The molecule has 1 heterocycles. The van der Waals surface area contributed by atoms with Crippen LogP contribution in [0, 0.1) is 5.92 Å². The number of carboxylic acids is 1. The minimum atomic E-state index is -0.652. The molecule has 3 rings (SSSR count). The number of aryl methyl sites for hydroxylation is 1. The van der Waals surface area contributed by atoms with Crippen LogP contribution >= 0.6 is 0 Å². The van der Waals surface area contributed by atoms with Gasteiger partial charge in [0.2, 0.25) is 0 Å². The summed E-state index contributed by atoms with van der Waals surface area (Å²) in [6.45, 7) is 1.68. The molecule has 2 unspecified atom stereocenters. The molecular formula is C17H23NO3. The van der Waals surface area contributed by atoms with Gasteiger partial charge in [-0.3, -0.25) is 9.69 Å². The Hall–Kier alpha value is -1.55. The Morgan fingerprint density at radius 1 is 1.33 bits per heavy atom. The first-order chi connectivity index (χ1) is 10.2. The van der Waals surface area contributed by atoms with Gasteiger partial charge in [-0.25, -0.2) is 0 Å². The Labute approximate surface area is 125 Å². The molecule has 4 nitrogen and oxygen atoms in total. The van der Waals surface area contributed by atoms with Crippen LogP contribution < -0.4 is 4.74 Å². The van der Waals surface area contributed by atoms with Gasteiger partial charge in [0.25, 0.3) is 0 Å². The maximum absolute atomic E-state index is 11.3. The van der Waals surface area contributed by atoms with E-state index in [0.29, 0.717) is 12.6 Å². The van der Waals surface area contributed by atoms with Crippen molar-refractivity contribution in [1.82, 2.24) is 4.90 Å². The maximum Gasteiger partial charge on any atom is 0.307 e. The summed E-state index contributed by atoms with van der Waals surface area (Å²) in [5.74, 6) is 0.0311. The lowest BCUT2D eigenvalue weighted by molar-refractivity contribution is -0.144. The highest BCUT2D eigenvalue weighted by atomic mass is 16.5. The lowest BCUT2D eigenvalue weighted by atomic mass is 9.85. The van der Waals surface area contributed by atoms with Crippen LogP contribution in [0.4, 0.5) is 0 Å². The third-order valence-corrected chi connectivity index (χ3v) is 4.88. The Balaban J connectivity index is 1.85. The molecule has 1 saturated heterocycles. The standard InChI is InChI=1S/C17H23NO3/c1-21-14-8-7-12-4-2-6-16(15(12)10-14)18-9-3-5-13(11-18)17(19)20/h7-8,10,13,16H,2-6,9,11H2,1H3,(H,19,20). The Kier molecular flexibility index (Phi) is 4.15. The van der Waals surface area contributed by atoms with Gasteiger partial charge in [-0.15, -0.1) is 0 Å². The summed E-state index contributed by atoms with van der Waals surface area (Å²) in [7, 11) is 1.70. The molecule has 0 spiro atoms. The zero-order chi connectivity index (χ0) is 14.8. The molecule has 1 aliphatic heterocycles. The number of likely N-dealkylation sites (tertiary alicyclic amines) is 1. The van der Waals surface area contributed by atoms with Crippen LogP contribution in [0.5, 0.6) is 5.75 Å². The number of benzene rings is 1. The van der Waals surface area contributed by atoms with Gasteiger partial charge in [0.15, 0.2) is 0 Å². The Morgan fingerprint density at radius 3 is 2.95 bits per heavy atom. The van der Waals surface area contributed by atoms with Crippen LogP contribution in [0.2, 0.25) is 0 Å². The molecule has 1 N–H and O–H groups in total. The van der Waals surface area contributed by atoms with Gasteiger partial charge in [0.1, 0.15) is 5.75 Å². The number of nitrogens with zero attached hydrogens (tertiary/aromatic N) is 1. The van der Waals surface area contributed by atoms with Gasteiger partial charge in [-0.05, 0) is 61.9 Å². The van der Waals surface area contributed by atoms with E-state index in [9.17, 15) is 9.90 Å². The maximum atomic E-state index is 11.3. The normalized spacial score (nSPS) is 26.1. The molecule has 114 valence electrons. The average Bonchev–Trinajstić information content (AvgIpc) is 2.53. The van der Waals surface area contributed by atoms with E-state index in [1.165, 1.54) is 17.5 Å². The SMILES string of the molecule is COc1ccc2c(c1)C(N1CCCC(C(=O)O)C1)CCC2. The quantitative estimate of drug-likeness (QED) is 0.929. The topological polar surface area (TPSA) is 49.8 Å². The largest absolute Gasteiger partial charge is 0.497 e. The molecule has 2 atom stereocenters. The number of ether oxygens (including phenoxy) is 1. The zero-order valence-corrected chi connectivity index (χ0v) is 12.5. The second-order valence-electron chi connectivity index (χ2n) is 6.15. The van der Waals surface area contributed by atoms with Crippen molar-refractivity contribution in [3.05, 3.63) is 29.3 Å². The highest BCUT2D eigenvalue weighted by molar-refractivity contribution is 5.70. The number of hydrogen-bond acceptors (Lipinski definition) is 3. The lowest BCUT2D eigenvalue weighted by Crippen LogP contribution is -2.41. The molecule has 1 aromatic carbocycles. The molecule has 1 aliphatic carbocycles. The molecular weight excluding hydrogens is 266 g/mol. The molecule has 21 heavy (non-hydrogen) atoms. The summed E-state index contributed by atoms with van der Waals surface area (Å²) < 4.78 is 5.36. The molecule has 0 radical (unpaired) electrons. The van der Waals surface area contributed by atoms with Crippen molar-refractivity contribution >= 4 is 5.97 Å². The van der Waals surface area contributed by atoms with Crippen molar-refractivity contribution in [2.45, 2.75) is 38.1 Å². The number of methoxy groups -OCH3 is 1. The summed E-state index contributed by atoms with van der Waals surface area (Å²) in [4.78, 5) is 13.7. The minimum absolute atomic E-state index is 0.213. The van der Waals surface area contributed by atoms with E-state index in [2.05, 4.69) is 17.0 Å². The van der Waals surface area contributed by atoms with Crippen LogP contribution in [-0.2, 0) is 11.2 Å². The average molecular weight is 289 g/mol. The summed E-state index contributed by atoms with van der Waals surface area (Å²) in [6, 6.07) is 6.69. The van der Waals surface area contributed by atoms with Crippen LogP contribution in [0.15, 0.2) is 18.2 Å². The van der Waals surface area contributed by atoms with Crippen LogP contribution in [0.1, 0.15) is 42.9 Å². The third kappa shape index (κ3) is 2.91. The second kappa shape index (κ2) is 6.06. The van der Waals surface area contributed by atoms with E-state index >= 15 is 0 Å². The number of piperidine rings is 1. The van der Waals surface area contributed by atoms with Crippen molar-refractivity contribution in [2.24, 2.45) is 5.92 Å². The first kappa shape index (κ1) is 14.4. The molecule has 1 fully saturated rings. The Bertz CT molecular complexity index is 529. The smallest absolute Gasteiger partial charge is 0.307 e. The highest BCUT2D eigenvalue weighted by Crippen LogP contribution is 2.38. The minimum Gasteiger partial charge on any atom is -0.497 e. The van der Waals surface area contributed by atoms with E-state index in [1.54, 1.807) is 7.11 Å². The molecule has 0 bridgehead atoms. The number of carboxylic acid groups (broad SMARTS) is 1. The molecule has 2 aliphatic rings. The van der Waals surface area contributed by atoms with E-state index in [1.807, 2.05) is 6.07 Å². The predicted molar refractivity (Wildman–Crippen MR) is 80.6 cm³/mol. The van der Waals surface area contributed by atoms with Gasteiger partial charge >= 0.3 is 5.97 Å². The van der Waals surface area contributed by atoms with Crippen LogP contribution in [0.25, 0.3) is 0 Å². The summed E-state index contributed by atoms with van der Waals surface area (Å²) in [5, 5.41) is 9.29. The van der Waals surface area contributed by atoms with Gasteiger partial charge in [-0.2, -0.15) is 0 Å². The number of aliphatic carboxylic acids is 1. The van der Waals surface area contributed by atoms with Crippen molar-refractivity contribution < 1.29 is 14.6 Å². The van der Waals surface area contributed by atoms with Crippen molar-refractivity contribution in [3.63, 3.8) is 0 Å². The molecule has 0 saturated carbocycles. The lowest BCUT2D eigenvalue weighted by Gasteiger charge is -2.40. The van der Waals surface area contributed by atoms with Gasteiger partial charge in [0, 0.05) is 12.6 Å². The monoisotopic (exact) mass is 289 g/mol. The highest BCUT2D eigenvalue weighted by Gasteiger charge is 2.32. The summed E-state index contributed by atoms with van der Waals surface area (Å²) in [5.41, 5.74) is 2.73. The number of carbonyl (C=O) groups is 1. The van der Waals surface area contributed by atoms with Gasteiger partial charge in [-0.1, -0.05) is 6.07 Å². The van der Waals surface area contributed by atoms with Crippen molar-refractivity contribution in [3.8, 4) is 5.75 Å². The molecule has 0 aromatic heterocycles. The van der Waals surface area contributed by atoms with Crippen LogP contribution in [-0.4, -0.2) is 36.2 Å². The first-order valence-corrected chi connectivity index (χ1v) is 7.82. The van der Waals surface area contributed by atoms with Crippen molar-refractivity contribution in [1.29, 1.82) is 0 Å². The summed E-state index contributed by atoms with van der Waals surface area (Å²) in [6.07, 6.45) is 5.20. The fourth-order valence-electron chi connectivity index (χ4n) is 3.75. The number of hydrogen-bond donors (Lipinski definition) is 1. The fourth-order valence-corrected chi connectivity index (χ4v) is 3.75. The first-order valence-electron chi connectivity index (χ1n) is 7.82. The van der Waals surface area contributed by atoms with E-state index in [0.717, 1.165) is 38.0 Å². The Morgan fingerprint density at radius 2 is 2.19 bits per heavy atom. The van der Waals surface area contributed by atoms with E-state index in [-0.39, 0.29) is 5.92 Å². The second-order valence-corrected chi connectivity index (χ2v) is 6.15. The molecule has 1 aromatic rings. The van der Waals surface area contributed by atoms with Crippen LogP contribution in [0.3, 0.4) is 0 Å². The fraction of sp³-hybridized carbons (Fsp3) is 0.588. The predicted octanol–water partition coefficient (Wildman–Crippen LogP) is 2.87. The molecule has 4 heteroatoms. The zero-order valence-electron chi connectivity index (χ0n) is 12.5. The summed E-state index contributed by atoms with van der Waals surface area (Å²) >= 11 is 0. The van der Waals surface area contributed by atoms with E-state index in [4.69, 9.17) is 4.74 Å². The number of rotatable bonds is 3. The van der Waals surface area contributed by atoms with E-state index < -0.39 is 5.97 Å². The van der Waals surface area contributed by atoms with Gasteiger partial charge < -0.3 is 9.84 Å². The number of fused-ring (bicyclic) bond motifs is 1.